The van der Waals surface area contributed by atoms with Gasteiger partial charge in [-0.3, -0.25) is 4.57 Å². The molecule has 0 radical (unpaired) electrons. The Morgan fingerprint density at radius 3 is 1.80 bits per heavy atom. The van der Waals surface area contributed by atoms with Gasteiger partial charge < -0.3 is 28.7 Å². The summed E-state index contributed by atoms with van der Waals surface area (Å²) in [5.74, 6) is 1.40. The zero-order chi connectivity index (χ0) is 35.0. The van der Waals surface area contributed by atoms with Gasteiger partial charge in [0, 0.05) is 31.5 Å². The Hall–Kier alpha value is -2.12. The average molecular weight is 677 g/mol. The molecule has 2 N–H and O–H groups in total. The predicted molar refractivity (Wildman–Crippen MR) is 195 cm³/mol. The number of hydrogen-bond acceptors (Lipinski definition) is 6. The number of aromatic nitrogens is 1. The number of nitrogens with zero attached hydrogens (tertiary/aromatic N) is 1. The Bertz CT molecular complexity index is 1180. The molecular formula is C36H64N2O6Si2. The first-order valence-electron chi connectivity index (χ1n) is 17.2. The van der Waals surface area contributed by atoms with Gasteiger partial charge in [-0.1, -0.05) is 83.1 Å². The summed E-state index contributed by atoms with van der Waals surface area (Å²) in [6.45, 7) is 29.6. The second kappa shape index (κ2) is 17.3. The van der Waals surface area contributed by atoms with Crippen LogP contribution in [-0.2, 0) is 9.16 Å². The molecule has 1 amide bonds. The number of aliphatic hydroxyl groups excluding tert-OH is 1. The Balaban J connectivity index is 2.38. The van der Waals surface area contributed by atoms with E-state index in [1.54, 1.807) is 17.9 Å². The van der Waals surface area contributed by atoms with E-state index in [0.717, 1.165) is 11.3 Å². The first kappa shape index (κ1) is 40.1. The van der Waals surface area contributed by atoms with E-state index in [1.165, 1.54) is 0 Å². The standard InChI is InChI=1S/C36H64N2O6Si2/c1-24(2)45(25(3)4,26(5)6)42-23-32(39)21-37-36(40)38-17-15-16-35(38)31-18-33(43-30(13)22-41-14)20-34(19-31)44-46(27(7)8,28(9)10)29(11)12/h15-20,24-30,32,39H,21-23H2,1-14H3,(H,37,40)/t30-,32-/m0/s1. The van der Waals surface area contributed by atoms with Crippen LogP contribution < -0.4 is 14.5 Å². The van der Waals surface area contributed by atoms with Gasteiger partial charge in [0.15, 0.2) is 8.32 Å². The summed E-state index contributed by atoms with van der Waals surface area (Å²) < 4.78 is 26.8. The summed E-state index contributed by atoms with van der Waals surface area (Å²) in [6.07, 6.45) is 0.753. The quantitative estimate of drug-likeness (QED) is 0.153. The normalized spacial score (nSPS) is 14.2. The van der Waals surface area contributed by atoms with Gasteiger partial charge in [0.2, 0.25) is 0 Å². The Morgan fingerprint density at radius 2 is 1.30 bits per heavy atom. The molecule has 0 saturated carbocycles. The first-order valence-corrected chi connectivity index (χ1v) is 21.5. The number of rotatable bonds is 18. The highest BCUT2D eigenvalue weighted by molar-refractivity contribution is 6.78. The maximum absolute atomic E-state index is 13.5. The van der Waals surface area contributed by atoms with E-state index >= 15 is 0 Å². The number of aliphatic hydroxyl groups is 1. The minimum Gasteiger partial charge on any atom is -0.543 e. The lowest BCUT2D eigenvalue weighted by Crippen LogP contribution is -2.50. The maximum Gasteiger partial charge on any atom is 0.326 e. The van der Waals surface area contributed by atoms with Crippen molar-refractivity contribution >= 4 is 22.7 Å². The van der Waals surface area contributed by atoms with Crippen LogP contribution in [0.4, 0.5) is 4.79 Å². The van der Waals surface area contributed by atoms with Crippen LogP contribution in [0.5, 0.6) is 11.5 Å². The number of nitrogens with one attached hydrogen (secondary N) is 1. The lowest BCUT2D eigenvalue weighted by Gasteiger charge is -2.42. The minimum atomic E-state index is -2.26. The van der Waals surface area contributed by atoms with Gasteiger partial charge >= 0.3 is 6.03 Å². The second-order valence-electron chi connectivity index (χ2n) is 14.7. The van der Waals surface area contributed by atoms with E-state index in [1.807, 2.05) is 37.3 Å². The number of amides is 1. The molecule has 0 saturated heterocycles. The molecule has 262 valence electrons. The highest BCUT2D eigenvalue weighted by Gasteiger charge is 2.47. The summed E-state index contributed by atoms with van der Waals surface area (Å²) in [5.41, 5.74) is 3.94. The molecule has 2 rings (SSSR count). The summed E-state index contributed by atoms with van der Waals surface area (Å²) in [6, 6.07) is 9.35. The summed E-state index contributed by atoms with van der Waals surface area (Å²) in [7, 11) is -2.73. The molecule has 8 nitrogen and oxygen atoms in total. The monoisotopic (exact) mass is 676 g/mol. The molecule has 46 heavy (non-hydrogen) atoms. The zero-order valence-corrected chi connectivity index (χ0v) is 33.1. The molecule has 0 spiro atoms. The number of hydrogen-bond donors (Lipinski definition) is 2. The number of benzene rings is 1. The van der Waals surface area contributed by atoms with Gasteiger partial charge in [-0.15, -0.1) is 0 Å². The molecule has 1 heterocycles. The van der Waals surface area contributed by atoms with Crippen LogP contribution in [0.2, 0.25) is 33.2 Å². The fourth-order valence-corrected chi connectivity index (χ4v) is 18.5. The molecule has 0 aliphatic carbocycles. The Labute approximate surface area is 281 Å². The minimum absolute atomic E-state index is 0.0898. The zero-order valence-electron chi connectivity index (χ0n) is 31.1. The van der Waals surface area contributed by atoms with Crippen LogP contribution in [0.15, 0.2) is 36.5 Å². The summed E-state index contributed by atoms with van der Waals surface area (Å²) in [5, 5.41) is 13.8. The van der Waals surface area contributed by atoms with Crippen LogP contribution in [0.25, 0.3) is 11.3 Å². The number of ether oxygens (including phenoxy) is 2. The molecule has 0 aliphatic heterocycles. The van der Waals surface area contributed by atoms with Gasteiger partial charge in [-0.25, -0.2) is 4.79 Å². The Morgan fingerprint density at radius 1 is 0.783 bits per heavy atom. The first-order chi connectivity index (χ1) is 21.4. The predicted octanol–water partition coefficient (Wildman–Crippen LogP) is 9.23. The number of methoxy groups -OCH3 is 1. The number of carbonyl (C=O) groups excluding carboxylic acids is 1. The number of carbonyl (C=O) groups is 1. The molecular weight excluding hydrogens is 613 g/mol. The molecule has 0 bridgehead atoms. The molecule has 1 aromatic carbocycles. The van der Waals surface area contributed by atoms with Crippen LogP contribution >= 0.6 is 0 Å². The summed E-state index contributed by atoms with van der Waals surface area (Å²) >= 11 is 0. The van der Waals surface area contributed by atoms with E-state index < -0.39 is 22.7 Å². The average Bonchev–Trinajstić information content (AvgIpc) is 3.44. The van der Waals surface area contributed by atoms with E-state index in [-0.39, 0.29) is 25.3 Å². The topological polar surface area (TPSA) is 91.2 Å². The van der Waals surface area contributed by atoms with Crippen LogP contribution in [0, 0.1) is 0 Å². The SMILES string of the molecule is COC[C@H](C)Oc1cc(O[Si](C(C)C)(C(C)C)C(C)C)cc(-c2cccn2C(=O)NC[C@H](O)CO[Si](C(C)C)(C(C)C)C(C)C)c1. The van der Waals surface area contributed by atoms with Crippen LogP contribution in [0.3, 0.4) is 0 Å². The fourth-order valence-electron chi connectivity index (χ4n) is 7.79. The van der Waals surface area contributed by atoms with Crippen molar-refractivity contribution in [2.24, 2.45) is 0 Å². The smallest absolute Gasteiger partial charge is 0.326 e. The van der Waals surface area contributed by atoms with Gasteiger partial charge in [0.25, 0.3) is 8.32 Å². The molecule has 2 aromatic rings. The Kier molecular flexibility index (Phi) is 15.1. The van der Waals surface area contributed by atoms with Crippen LogP contribution in [-0.4, -0.2) is 71.4 Å². The largest absolute Gasteiger partial charge is 0.543 e. The molecule has 10 heteroatoms. The third-order valence-corrected chi connectivity index (χ3v) is 21.7. The van der Waals surface area contributed by atoms with Crippen molar-refractivity contribution in [2.75, 3.05) is 26.9 Å². The van der Waals surface area contributed by atoms with Crippen molar-refractivity contribution in [1.29, 1.82) is 0 Å². The van der Waals surface area contributed by atoms with Crippen molar-refractivity contribution in [2.45, 2.75) is 135 Å². The molecule has 0 aliphatic rings. The highest BCUT2D eigenvalue weighted by atomic mass is 28.4. The molecule has 2 atom stereocenters. The van der Waals surface area contributed by atoms with Gasteiger partial charge in [0.05, 0.1) is 25.0 Å². The summed E-state index contributed by atoms with van der Waals surface area (Å²) in [4.78, 5) is 13.5. The fraction of sp³-hybridized carbons (Fsp3) is 0.694. The van der Waals surface area contributed by atoms with Crippen LogP contribution in [0.1, 0.15) is 90.0 Å². The van der Waals surface area contributed by atoms with Gasteiger partial charge in [0.1, 0.15) is 17.6 Å². The van der Waals surface area contributed by atoms with Crippen molar-refractivity contribution in [3.63, 3.8) is 0 Å². The van der Waals surface area contributed by atoms with Gasteiger partial charge in [-0.05, 0) is 64.4 Å². The van der Waals surface area contributed by atoms with Crippen molar-refractivity contribution in [3.05, 3.63) is 36.5 Å². The molecule has 0 fully saturated rings. The molecule has 1 aromatic heterocycles. The second-order valence-corrected chi connectivity index (χ2v) is 25.6. The van der Waals surface area contributed by atoms with Crippen molar-refractivity contribution in [3.8, 4) is 22.8 Å². The van der Waals surface area contributed by atoms with Crippen molar-refractivity contribution < 1.29 is 28.2 Å². The van der Waals surface area contributed by atoms with E-state index in [4.69, 9.17) is 18.3 Å². The van der Waals surface area contributed by atoms with E-state index in [0.29, 0.717) is 51.3 Å². The van der Waals surface area contributed by atoms with Crippen molar-refractivity contribution in [1.82, 2.24) is 9.88 Å². The lowest BCUT2D eigenvalue weighted by molar-refractivity contribution is 0.0920. The highest BCUT2D eigenvalue weighted by Crippen LogP contribution is 2.44. The third kappa shape index (κ3) is 9.27. The van der Waals surface area contributed by atoms with Gasteiger partial charge in [-0.2, -0.15) is 0 Å². The lowest BCUT2D eigenvalue weighted by atomic mass is 10.1. The molecule has 0 unspecified atom stereocenters. The van der Waals surface area contributed by atoms with E-state index in [9.17, 15) is 9.90 Å². The third-order valence-electron chi connectivity index (χ3n) is 9.61. The van der Waals surface area contributed by atoms with E-state index in [2.05, 4.69) is 88.4 Å². The maximum atomic E-state index is 13.5.